The van der Waals surface area contributed by atoms with Crippen molar-refractivity contribution in [2.75, 3.05) is 30.4 Å². The van der Waals surface area contributed by atoms with Crippen molar-refractivity contribution in [3.8, 4) is 5.75 Å². The lowest BCUT2D eigenvalue weighted by Crippen LogP contribution is -2.21. The summed E-state index contributed by atoms with van der Waals surface area (Å²) in [7, 11) is 1.59. The first-order chi connectivity index (χ1) is 11.2. The maximum Gasteiger partial charge on any atom is 0.257 e. The maximum absolute atomic E-state index is 12.7. The molecule has 1 heterocycles. The van der Waals surface area contributed by atoms with Crippen LogP contribution in [0.15, 0.2) is 46.9 Å². The summed E-state index contributed by atoms with van der Waals surface area (Å²) >= 11 is 3.43. The van der Waals surface area contributed by atoms with Crippen molar-refractivity contribution in [1.29, 1.82) is 0 Å². The molecule has 1 fully saturated rings. The number of nitrogens with zero attached hydrogens (tertiary/aromatic N) is 1. The Hall–Kier alpha value is -2.01. The molecule has 0 atom stereocenters. The van der Waals surface area contributed by atoms with E-state index in [4.69, 9.17) is 4.74 Å². The van der Waals surface area contributed by atoms with E-state index in [-0.39, 0.29) is 5.91 Å². The number of nitrogens with one attached hydrogen (secondary N) is 1. The standard InChI is InChI=1S/C18H19BrN2O2/c1-23-13-8-9-15(19)14(12-13)18(22)20-16-6-2-3-7-17(16)21-10-4-5-11-21/h2-3,6-9,12H,4-5,10-11H2,1H3,(H,20,22). The van der Waals surface area contributed by atoms with Crippen LogP contribution in [0.5, 0.6) is 5.75 Å². The van der Waals surface area contributed by atoms with E-state index in [1.165, 1.54) is 12.8 Å². The summed E-state index contributed by atoms with van der Waals surface area (Å²) in [5.74, 6) is 0.508. The number of carbonyl (C=O) groups excluding carboxylic acids is 1. The summed E-state index contributed by atoms with van der Waals surface area (Å²) in [6.45, 7) is 2.07. The van der Waals surface area contributed by atoms with Crippen LogP contribution in [0.25, 0.3) is 0 Å². The largest absolute Gasteiger partial charge is 0.497 e. The van der Waals surface area contributed by atoms with E-state index in [9.17, 15) is 4.79 Å². The molecule has 0 unspecified atom stereocenters. The van der Waals surface area contributed by atoms with Crippen molar-refractivity contribution >= 4 is 33.2 Å². The minimum atomic E-state index is -0.151. The molecule has 2 aromatic carbocycles. The third-order valence-electron chi connectivity index (χ3n) is 4.02. The minimum absolute atomic E-state index is 0.151. The first-order valence-corrected chi connectivity index (χ1v) is 8.47. The fraction of sp³-hybridized carbons (Fsp3) is 0.278. The number of para-hydroxylation sites is 2. The summed E-state index contributed by atoms with van der Waals surface area (Å²) in [6, 6.07) is 13.3. The first kappa shape index (κ1) is 15.9. The molecule has 5 heteroatoms. The summed E-state index contributed by atoms with van der Waals surface area (Å²) in [6.07, 6.45) is 2.40. The molecule has 1 aliphatic heterocycles. The molecule has 2 aromatic rings. The van der Waals surface area contributed by atoms with Gasteiger partial charge in [-0.1, -0.05) is 12.1 Å². The average Bonchev–Trinajstić information content (AvgIpc) is 3.10. The van der Waals surface area contributed by atoms with Gasteiger partial charge in [0, 0.05) is 17.6 Å². The van der Waals surface area contributed by atoms with Gasteiger partial charge in [0.25, 0.3) is 5.91 Å². The predicted octanol–water partition coefficient (Wildman–Crippen LogP) is 4.31. The third kappa shape index (κ3) is 3.50. The highest BCUT2D eigenvalue weighted by molar-refractivity contribution is 9.10. The van der Waals surface area contributed by atoms with Crippen molar-refractivity contribution in [1.82, 2.24) is 0 Å². The lowest BCUT2D eigenvalue weighted by molar-refractivity contribution is 0.102. The smallest absolute Gasteiger partial charge is 0.257 e. The molecule has 1 saturated heterocycles. The summed E-state index contributed by atoms with van der Waals surface area (Å²) in [5, 5.41) is 3.03. The van der Waals surface area contributed by atoms with E-state index in [2.05, 4.69) is 32.2 Å². The van der Waals surface area contributed by atoms with Crippen LogP contribution >= 0.6 is 15.9 Å². The molecule has 1 N–H and O–H groups in total. The normalized spacial score (nSPS) is 13.9. The van der Waals surface area contributed by atoms with Crippen LogP contribution in [0, 0.1) is 0 Å². The molecular formula is C18H19BrN2O2. The van der Waals surface area contributed by atoms with Gasteiger partial charge in [-0.3, -0.25) is 4.79 Å². The molecule has 0 bridgehead atoms. The topological polar surface area (TPSA) is 41.6 Å². The van der Waals surface area contributed by atoms with Gasteiger partial charge in [-0.05, 0) is 59.1 Å². The third-order valence-corrected chi connectivity index (χ3v) is 4.71. The number of benzene rings is 2. The van der Waals surface area contributed by atoms with Crippen molar-refractivity contribution in [3.05, 3.63) is 52.5 Å². The van der Waals surface area contributed by atoms with Gasteiger partial charge < -0.3 is 15.0 Å². The van der Waals surface area contributed by atoms with Crippen LogP contribution in [-0.2, 0) is 0 Å². The quantitative estimate of drug-likeness (QED) is 0.866. The molecule has 1 aliphatic rings. The number of anilines is 2. The summed E-state index contributed by atoms with van der Waals surface area (Å²) < 4.78 is 5.95. The molecule has 0 radical (unpaired) electrons. The van der Waals surface area contributed by atoms with Crippen molar-refractivity contribution in [3.63, 3.8) is 0 Å². The fourth-order valence-electron chi connectivity index (χ4n) is 2.81. The van der Waals surface area contributed by atoms with E-state index in [0.29, 0.717) is 11.3 Å². The van der Waals surface area contributed by atoms with Crippen molar-refractivity contribution in [2.24, 2.45) is 0 Å². The van der Waals surface area contributed by atoms with E-state index >= 15 is 0 Å². The van der Waals surface area contributed by atoms with E-state index in [0.717, 1.165) is 28.9 Å². The number of ether oxygens (including phenoxy) is 1. The Morgan fingerprint density at radius 2 is 1.91 bits per heavy atom. The van der Waals surface area contributed by atoms with Crippen LogP contribution in [0.2, 0.25) is 0 Å². The molecule has 1 amide bonds. The van der Waals surface area contributed by atoms with Gasteiger partial charge in [-0.25, -0.2) is 0 Å². The number of hydrogen-bond donors (Lipinski definition) is 1. The van der Waals surface area contributed by atoms with E-state index < -0.39 is 0 Å². The highest BCUT2D eigenvalue weighted by Gasteiger charge is 2.18. The second kappa shape index (κ2) is 7.04. The summed E-state index contributed by atoms with van der Waals surface area (Å²) in [4.78, 5) is 15.0. The zero-order chi connectivity index (χ0) is 16.2. The van der Waals surface area contributed by atoms with E-state index in [1.54, 1.807) is 13.2 Å². The molecule has 23 heavy (non-hydrogen) atoms. The lowest BCUT2D eigenvalue weighted by atomic mass is 10.2. The van der Waals surface area contributed by atoms with Gasteiger partial charge in [0.1, 0.15) is 5.75 Å². The van der Waals surface area contributed by atoms with Crippen LogP contribution in [0.4, 0.5) is 11.4 Å². The monoisotopic (exact) mass is 374 g/mol. The molecule has 0 aliphatic carbocycles. The fourth-order valence-corrected chi connectivity index (χ4v) is 3.23. The second-order valence-electron chi connectivity index (χ2n) is 5.51. The van der Waals surface area contributed by atoms with Crippen LogP contribution in [-0.4, -0.2) is 26.1 Å². The summed E-state index contributed by atoms with van der Waals surface area (Å²) in [5.41, 5.74) is 2.48. The van der Waals surface area contributed by atoms with Crippen LogP contribution < -0.4 is 15.0 Å². The Labute approximate surface area is 144 Å². The molecule has 0 aromatic heterocycles. The van der Waals surface area contributed by atoms with Crippen LogP contribution in [0.1, 0.15) is 23.2 Å². The maximum atomic E-state index is 12.7. The van der Waals surface area contributed by atoms with Crippen LogP contribution in [0.3, 0.4) is 0 Å². The number of hydrogen-bond acceptors (Lipinski definition) is 3. The lowest BCUT2D eigenvalue weighted by Gasteiger charge is -2.21. The second-order valence-corrected chi connectivity index (χ2v) is 6.37. The zero-order valence-electron chi connectivity index (χ0n) is 13.0. The number of methoxy groups -OCH3 is 1. The Morgan fingerprint density at radius 1 is 1.17 bits per heavy atom. The number of carbonyl (C=O) groups is 1. The molecular weight excluding hydrogens is 356 g/mol. The SMILES string of the molecule is COc1ccc(Br)c(C(=O)Nc2ccccc2N2CCCC2)c1. The van der Waals surface area contributed by atoms with Gasteiger partial charge in [-0.2, -0.15) is 0 Å². The van der Waals surface area contributed by atoms with Gasteiger partial charge in [0.15, 0.2) is 0 Å². The number of amides is 1. The van der Waals surface area contributed by atoms with Gasteiger partial charge in [-0.15, -0.1) is 0 Å². The molecule has 4 nitrogen and oxygen atoms in total. The number of halogens is 1. The Kier molecular flexibility index (Phi) is 4.86. The average molecular weight is 375 g/mol. The highest BCUT2D eigenvalue weighted by Crippen LogP contribution is 2.30. The minimum Gasteiger partial charge on any atom is -0.497 e. The zero-order valence-corrected chi connectivity index (χ0v) is 14.6. The number of rotatable bonds is 4. The van der Waals surface area contributed by atoms with Gasteiger partial charge >= 0.3 is 0 Å². The predicted molar refractivity (Wildman–Crippen MR) is 96.5 cm³/mol. The van der Waals surface area contributed by atoms with Crippen molar-refractivity contribution in [2.45, 2.75) is 12.8 Å². The highest BCUT2D eigenvalue weighted by atomic mass is 79.9. The Morgan fingerprint density at radius 3 is 2.65 bits per heavy atom. The first-order valence-electron chi connectivity index (χ1n) is 7.68. The molecule has 120 valence electrons. The van der Waals surface area contributed by atoms with Gasteiger partial charge in [0.05, 0.1) is 24.0 Å². The molecule has 3 rings (SSSR count). The molecule has 0 saturated carbocycles. The van der Waals surface area contributed by atoms with Crippen molar-refractivity contribution < 1.29 is 9.53 Å². The van der Waals surface area contributed by atoms with E-state index in [1.807, 2.05) is 30.3 Å². The molecule has 0 spiro atoms. The Balaban J connectivity index is 1.86. The van der Waals surface area contributed by atoms with Gasteiger partial charge in [0.2, 0.25) is 0 Å². The Bertz CT molecular complexity index is 712.